The Bertz CT molecular complexity index is 319. The van der Waals surface area contributed by atoms with Gasteiger partial charge < -0.3 is 11.1 Å². The van der Waals surface area contributed by atoms with Crippen molar-refractivity contribution in [3.8, 4) is 0 Å². The molecule has 0 aliphatic heterocycles. The van der Waals surface area contributed by atoms with E-state index < -0.39 is 0 Å². The van der Waals surface area contributed by atoms with Gasteiger partial charge >= 0.3 is 0 Å². The molecule has 0 radical (unpaired) electrons. The SMILES string of the molecule is NC(CCc1ccccc1)CNCCC1CCC1. The zero-order valence-electron chi connectivity index (χ0n) is 11.3. The number of nitrogens with two attached hydrogens (primary N) is 1. The van der Waals surface area contributed by atoms with Gasteiger partial charge in [-0.05, 0) is 37.3 Å². The second-order valence-corrected chi connectivity index (χ2v) is 5.57. The highest BCUT2D eigenvalue weighted by Gasteiger charge is 2.16. The van der Waals surface area contributed by atoms with E-state index in [1.807, 2.05) is 0 Å². The van der Waals surface area contributed by atoms with Crippen LogP contribution in [0, 0.1) is 5.92 Å². The molecule has 0 spiro atoms. The van der Waals surface area contributed by atoms with Gasteiger partial charge in [0, 0.05) is 12.6 Å². The standard InChI is InChI=1S/C16H26N2/c17-16(10-9-14-5-2-1-3-6-14)13-18-12-11-15-7-4-8-15/h1-3,5-6,15-16,18H,4,7-13,17H2. The van der Waals surface area contributed by atoms with Crippen LogP contribution in [0.15, 0.2) is 30.3 Å². The fraction of sp³-hybridized carbons (Fsp3) is 0.625. The average Bonchev–Trinajstić information content (AvgIpc) is 2.35. The summed E-state index contributed by atoms with van der Waals surface area (Å²) in [6.45, 7) is 2.10. The third-order valence-electron chi connectivity index (χ3n) is 4.01. The largest absolute Gasteiger partial charge is 0.327 e. The second kappa shape index (κ2) is 7.55. The van der Waals surface area contributed by atoms with Gasteiger partial charge in [0.25, 0.3) is 0 Å². The molecule has 0 amide bonds. The Balaban J connectivity index is 1.50. The molecule has 1 unspecified atom stereocenters. The number of hydrogen-bond acceptors (Lipinski definition) is 2. The van der Waals surface area contributed by atoms with Crippen molar-refractivity contribution in [1.29, 1.82) is 0 Å². The predicted molar refractivity (Wildman–Crippen MR) is 77.6 cm³/mol. The van der Waals surface area contributed by atoms with Crippen molar-refractivity contribution in [1.82, 2.24) is 5.32 Å². The van der Waals surface area contributed by atoms with Crippen LogP contribution in [0.4, 0.5) is 0 Å². The highest BCUT2D eigenvalue weighted by atomic mass is 14.9. The minimum atomic E-state index is 0.284. The van der Waals surface area contributed by atoms with E-state index in [4.69, 9.17) is 5.73 Å². The number of benzene rings is 1. The van der Waals surface area contributed by atoms with Crippen LogP contribution in [0.25, 0.3) is 0 Å². The number of nitrogens with one attached hydrogen (secondary N) is 1. The van der Waals surface area contributed by atoms with E-state index in [1.165, 1.54) is 31.2 Å². The third kappa shape index (κ3) is 4.79. The number of hydrogen-bond donors (Lipinski definition) is 2. The summed E-state index contributed by atoms with van der Waals surface area (Å²) in [5, 5.41) is 3.50. The molecule has 18 heavy (non-hydrogen) atoms. The lowest BCUT2D eigenvalue weighted by Crippen LogP contribution is -2.35. The molecule has 0 heterocycles. The van der Waals surface area contributed by atoms with Crippen LogP contribution in [0.1, 0.15) is 37.7 Å². The zero-order chi connectivity index (χ0) is 12.6. The number of rotatable bonds is 8. The molecule has 1 saturated carbocycles. The summed E-state index contributed by atoms with van der Waals surface area (Å²) in [6, 6.07) is 10.9. The van der Waals surface area contributed by atoms with E-state index in [9.17, 15) is 0 Å². The first-order valence-corrected chi connectivity index (χ1v) is 7.35. The summed E-state index contributed by atoms with van der Waals surface area (Å²) >= 11 is 0. The third-order valence-corrected chi connectivity index (χ3v) is 4.01. The first-order valence-electron chi connectivity index (χ1n) is 7.35. The van der Waals surface area contributed by atoms with Crippen LogP contribution >= 0.6 is 0 Å². The van der Waals surface area contributed by atoms with Crippen LogP contribution in [0.3, 0.4) is 0 Å². The van der Waals surface area contributed by atoms with Crippen molar-refractivity contribution >= 4 is 0 Å². The molecule has 1 atom stereocenters. The van der Waals surface area contributed by atoms with E-state index in [1.54, 1.807) is 0 Å². The van der Waals surface area contributed by atoms with Crippen molar-refractivity contribution in [2.75, 3.05) is 13.1 Å². The molecule has 1 aliphatic carbocycles. The molecule has 0 aromatic heterocycles. The van der Waals surface area contributed by atoms with E-state index >= 15 is 0 Å². The van der Waals surface area contributed by atoms with Crippen molar-refractivity contribution in [2.45, 2.75) is 44.6 Å². The van der Waals surface area contributed by atoms with Gasteiger partial charge in [0.15, 0.2) is 0 Å². The summed E-state index contributed by atoms with van der Waals surface area (Å²) in [5.41, 5.74) is 7.51. The zero-order valence-corrected chi connectivity index (χ0v) is 11.3. The fourth-order valence-corrected chi connectivity index (χ4v) is 2.47. The first kappa shape index (κ1) is 13.6. The summed E-state index contributed by atoms with van der Waals surface area (Å²) < 4.78 is 0. The summed E-state index contributed by atoms with van der Waals surface area (Å²) in [4.78, 5) is 0. The Morgan fingerprint density at radius 1 is 1.22 bits per heavy atom. The normalized spacial score (nSPS) is 17.4. The lowest BCUT2D eigenvalue weighted by Gasteiger charge is -2.25. The summed E-state index contributed by atoms with van der Waals surface area (Å²) in [6.07, 6.45) is 7.84. The van der Waals surface area contributed by atoms with Gasteiger partial charge in [-0.2, -0.15) is 0 Å². The van der Waals surface area contributed by atoms with Crippen LogP contribution in [-0.4, -0.2) is 19.1 Å². The van der Waals surface area contributed by atoms with Crippen LogP contribution in [0.2, 0.25) is 0 Å². The fourth-order valence-electron chi connectivity index (χ4n) is 2.47. The molecule has 0 saturated heterocycles. The second-order valence-electron chi connectivity index (χ2n) is 5.57. The first-order chi connectivity index (χ1) is 8.84. The highest BCUT2D eigenvalue weighted by Crippen LogP contribution is 2.28. The van der Waals surface area contributed by atoms with Crippen LogP contribution < -0.4 is 11.1 Å². The van der Waals surface area contributed by atoms with Gasteiger partial charge in [-0.25, -0.2) is 0 Å². The Labute approximate surface area is 111 Å². The van der Waals surface area contributed by atoms with Crippen molar-refractivity contribution in [3.05, 3.63) is 35.9 Å². The van der Waals surface area contributed by atoms with Gasteiger partial charge in [-0.3, -0.25) is 0 Å². The van der Waals surface area contributed by atoms with Crippen LogP contribution in [-0.2, 0) is 6.42 Å². The molecule has 2 heteroatoms. The lowest BCUT2D eigenvalue weighted by molar-refractivity contribution is 0.291. The van der Waals surface area contributed by atoms with E-state index in [0.717, 1.165) is 31.8 Å². The van der Waals surface area contributed by atoms with Crippen molar-refractivity contribution in [3.63, 3.8) is 0 Å². The van der Waals surface area contributed by atoms with Gasteiger partial charge in [0.1, 0.15) is 0 Å². The Morgan fingerprint density at radius 2 is 2.00 bits per heavy atom. The topological polar surface area (TPSA) is 38.0 Å². The summed E-state index contributed by atoms with van der Waals surface area (Å²) in [7, 11) is 0. The minimum Gasteiger partial charge on any atom is -0.327 e. The Kier molecular flexibility index (Phi) is 5.69. The number of aryl methyl sites for hydroxylation is 1. The quantitative estimate of drug-likeness (QED) is 0.692. The van der Waals surface area contributed by atoms with E-state index in [-0.39, 0.29) is 6.04 Å². The lowest BCUT2D eigenvalue weighted by atomic mass is 9.83. The van der Waals surface area contributed by atoms with E-state index in [2.05, 4.69) is 35.6 Å². The van der Waals surface area contributed by atoms with Gasteiger partial charge in [0.05, 0.1) is 0 Å². The monoisotopic (exact) mass is 246 g/mol. The average molecular weight is 246 g/mol. The molecule has 1 aliphatic rings. The van der Waals surface area contributed by atoms with Gasteiger partial charge in [-0.1, -0.05) is 49.6 Å². The summed E-state index contributed by atoms with van der Waals surface area (Å²) in [5.74, 6) is 0.998. The molecule has 1 aromatic rings. The molecular weight excluding hydrogens is 220 g/mol. The predicted octanol–water partition coefficient (Wildman–Crippen LogP) is 2.73. The van der Waals surface area contributed by atoms with Crippen LogP contribution in [0.5, 0.6) is 0 Å². The van der Waals surface area contributed by atoms with Crippen molar-refractivity contribution in [2.24, 2.45) is 11.7 Å². The minimum absolute atomic E-state index is 0.284. The molecule has 1 aromatic carbocycles. The molecule has 0 bridgehead atoms. The molecular formula is C16H26N2. The maximum absolute atomic E-state index is 6.12. The molecule has 1 fully saturated rings. The van der Waals surface area contributed by atoms with Gasteiger partial charge in [0.2, 0.25) is 0 Å². The maximum atomic E-state index is 6.12. The Hall–Kier alpha value is -0.860. The smallest absolute Gasteiger partial charge is 0.0168 e. The molecule has 100 valence electrons. The molecule has 2 rings (SSSR count). The maximum Gasteiger partial charge on any atom is 0.0168 e. The van der Waals surface area contributed by atoms with Gasteiger partial charge in [-0.15, -0.1) is 0 Å². The molecule has 2 nitrogen and oxygen atoms in total. The van der Waals surface area contributed by atoms with Crippen molar-refractivity contribution < 1.29 is 0 Å². The van der Waals surface area contributed by atoms with E-state index in [0.29, 0.717) is 0 Å². The Morgan fingerprint density at radius 3 is 2.67 bits per heavy atom. The molecule has 3 N–H and O–H groups in total. The highest BCUT2D eigenvalue weighted by molar-refractivity contribution is 5.14.